The average Bonchev–Trinajstić information content (AvgIpc) is 2.46. The van der Waals surface area contributed by atoms with E-state index in [1.807, 2.05) is 18.7 Å². The molecule has 0 bridgehead atoms. The van der Waals surface area contributed by atoms with Crippen molar-refractivity contribution in [2.75, 3.05) is 30.4 Å². The molecule has 7 heteroatoms. The van der Waals surface area contributed by atoms with Gasteiger partial charge < -0.3 is 10.2 Å². The normalized spacial score (nSPS) is 18.7. The lowest BCUT2D eigenvalue weighted by atomic mass is 10.1. The smallest absolute Gasteiger partial charge is 0.270 e. The molecular formula is C13H17N3O3S. The van der Waals surface area contributed by atoms with Gasteiger partial charge in [0.2, 0.25) is 0 Å². The van der Waals surface area contributed by atoms with Crippen LogP contribution in [0.15, 0.2) is 18.2 Å². The van der Waals surface area contributed by atoms with E-state index < -0.39 is 4.92 Å². The van der Waals surface area contributed by atoms with Crippen LogP contribution in [0.2, 0.25) is 0 Å². The molecule has 1 amide bonds. The second kappa shape index (κ2) is 6.13. The van der Waals surface area contributed by atoms with Gasteiger partial charge in [-0.1, -0.05) is 0 Å². The third-order valence-electron chi connectivity index (χ3n) is 3.34. The van der Waals surface area contributed by atoms with Crippen molar-refractivity contribution in [1.82, 2.24) is 4.90 Å². The lowest BCUT2D eigenvalue weighted by Gasteiger charge is -2.33. The van der Waals surface area contributed by atoms with E-state index in [-0.39, 0.29) is 17.6 Å². The largest absolute Gasteiger partial charge is 0.387 e. The van der Waals surface area contributed by atoms with Crippen molar-refractivity contribution in [3.63, 3.8) is 0 Å². The Bertz CT molecular complexity index is 536. The summed E-state index contributed by atoms with van der Waals surface area (Å²) < 4.78 is 0. The highest BCUT2D eigenvalue weighted by molar-refractivity contribution is 7.99. The Morgan fingerprint density at radius 2 is 2.30 bits per heavy atom. The van der Waals surface area contributed by atoms with Crippen LogP contribution in [0.25, 0.3) is 0 Å². The van der Waals surface area contributed by atoms with Gasteiger partial charge in [-0.3, -0.25) is 14.9 Å². The Kier molecular flexibility index (Phi) is 4.49. The van der Waals surface area contributed by atoms with Crippen molar-refractivity contribution < 1.29 is 9.72 Å². The highest BCUT2D eigenvalue weighted by atomic mass is 32.2. The van der Waals surface area contributed by atoms with Crippen molar-refractivity contribution in [3.8, 4) is 0 Å². The molecule has 108 valence electrons. The number of anilines is 1. The highest BCUT2D eigenvalue weighted by Crippen LogP contribution is 2.26. The number of amides is 1. The Morgan fingerprint density at radius 3 is 2.90 bits per heavy atom. The quantitative estimate of drug-likeness (QED) is 0.683. The van der Waals surface area contributed by atoms with Crippen LogP contribution in [0.3, 0.4) is 0 Å². The number of carbonyl (C=O) groups is 1. The van der Waals surface area contributed by atoms with E-state index in [9.17, 15) is 14.9 Å². The van der Waals surface area contributed by atoms with Gasteiger partial charge in [-0.05, 0) is 13.0 Å². The zero-order valence-corrected chi connectivity index (χ0v) is 12.3. The lowest BCUT2D eigenvalue weighted by molar-refractivity contribution is -0.384. The van der Waals surface area contributed by atoms with Crippen molar-refractivity contribution in [3.05, 3.63) is 33.9 Å². The standard InChI is InChI=1S/C13H17N3O3S/c1-9-8-20-6-5-15(9)13(17)11-7-10(16(18)19)3-4-12(11)14-2/h3-4,7,9,14H,5-6,8H2,1-2H3. The van der Waals surface area contributed by atoms with E-state index >= 15 is 0 Å². The summed E-state index contributed by atoms with van der Waals surface area (Å²) in [6, 6.07) is 4.47. The van der Waals surface area contributed by atoms with Crippen LogP contribution in [-0.4, -0.2) is 46.9 Å². The molecule has 0 radical (unpaired) electrons. The maximum atomic E-state index is 12.6. The topological polar surface area (TPSA) is 75.5 Å². The molecule has 1 fully saturated rings. The Hall–Kier alpha value is -1.76. The van der Waals surface area contributed by atoms with Crippen LogP contribution in [0, 0.1) is 10.1 Å². The van der Waals surface area contributed by atoms with Gasteiger partial charge in [-0.25, -0.2) is 0 Å². The minimum atomic E-state index is -0.480. The van der Waals surface area contributed by atoms with Crippen molar-refractivity contribution in [2.24, 2.45) is 0 Å². The summed E-state index contributed by atoms with van der Waals surface area (Å²) in [7, 11) is 1.70. The summed E-state index contributed by atoms with van der Waals surface area (Å²) in [6.07, 6.45) is 0. The Morgan fingerprint density at radius 1 is 1.55 bits per heavy atom. The molecule has 1 aliphatic rings. The Balaban J connectivity index is 2.36. The molecule has 0 aliphatic carbocycles. The number of nitro benzene ring substituents is 1. The van der Waals surface area contributed by atoms with E-state index in [0.29, 0.717) is 17.8 Å². The van der Waals surface area contributed by atoms with Gasteiger partial charge in [0.05, 0.1) is 10.5 Å². The molecule has 6 nitrogen and oxygen atoms in total. The fraction of sp³-hybridized carbons (Fsp3) is 0.462. The third kappa shape index (κ3) is 2.87. The number of hydrogen-bond acceptors (Lipinski definition) is 5. The van der Waals surface area contributed by atoms with Crippen molar-refractivity contribution in [2.45, 2.75) is 13.0 Å². The molecule has 1 heterocycles. The number of hydrogen-bond donors (Lipinski definition) is 1. The zero-order valence-electron chi connectivity index (χ0n) is 11.5. The molecule has 1 aliphatic heterocycles. The molecule has 1 aromatic carbocycles. The van der Waals surface area contributed by atoms with Gasteiger partial charge in [0.25, 0.3) is 11.6 Å². The SMILES string of the molecule is CNc1ccc([N+](=O)[O-])cc1C(=O)N1CCSCC1C. The summed E-state index contributed by atoms with van der Waals surface area (Å²) in [5.74, 6) is 1.65. The first-order valence-corrected chi connectivity index (χ1v) is 7.55. The first-order chi connectivity index (χ1) is 9.54. The van der Waals surface area contributed by atoms with E-state index in [0.717, 1.165) is 11.5 Å². The van der Waals surface area contributed by atoms with Gasteiger partial charge in [-0.15, -0.1) is 0 Å². The van der Waals surface area contributed by atoms with Crippen LogP contribution < -0.4 is 5.32 Å². The summed E-state index contributed by atoms with van der Waals surface area (Å²) in [5.41, 5.74) is 0.915. The molecule has 1 unspecified atom stereocenters. The fourth-order valence-electron chi connectivity index (χ4n) is 2.22. The summed E-state index contributed by atoms with van der Waals surface area (Å²) >= 11 is 1.82. The van der Waals surface area contributed by atoms with E-state index in [1.54, 1.807) is 18.0 Å². The third-order valence-corrected chi connectivity index (χ3v) is 4.53. The molecule has 1 saturated heterocycles. The fourth-order valence-corrected chi connectivity index (χ4v) is 3.24. The van der Waals surface area contributed by atoms with Gasteiger partial charge in [0.15, 0.2) is 0 Å². The second-order valence-electron chi connectivity index (χ2n) is 4.66. The predicted octanol–water partition coefficient (Wildman–Crippen LogP) is 2.21. The van der Waals surface area contributed by atoms with Crippen LogP contribution in [0.4, 0.5) is 11.4 Å². The first-order valence-electron chi connectivity index (χ1n) is 6.39. The number of thioether (sulfide) groups is 1. The number of benzene rings is 1. The molecule has 1 aromatic rings. The number of nitrogens with zero attached hydrogens (tertiary/aromatic N) is 2. The van der Waals surface area contributed by atoms with Gasteiger partial charge >= 0.3 is 0 Å². The predicted molar refractivity (Wildman–Crippen MR) is 80.5 cm³/mol. The van der Waals surface area contributed by atoms with Gasteiger partial charge in [0, 0.05) is 49.0 Å². The molecule has 1 atom stereocenters. The number of rotatable bonds is 3. The number of nitrogens with one attached hydrogen (secondary N) is 1. The van der Waals surface area contributed by atoms with Crippen LogP contribution in [0.5, 0.6) is 0 Å². The summed E-state index contributed by atoms with van der Waals surface area (Å²) in [4.78, 5) is 24.8. The summed E-state index contributed by atoms with van der Waals surface area (Å²) in [5, 5.41) is 13.8. The van der Waals surface area contributed by atoms with Crippen LogP contribution >= 0.6 is 11.8 Å². The lowest BCUT2D eigenvalue weighted by Crippen LogP contribution is -2.44. The average molecular weight is 295 g/mol. The summed E-state index contributed by atoms with van der Waals surface area (Å²) in [6.45, 7) is 2.68. The number of carbonyl (C=O) groups excluding carboxylic acids is 1. The van der Waals surface area contributed by atoms with Crippen molar-refractivity contribution in [1.29, 1.82) is 0 Å². The maximum absolute atomic E-state index is 12.6. The van der Waals surface area contributed by atoms with Crippen molar-refractivity contribution >= 4 is 29.0 Å². The first kappa shape index (κ1) is 14.6. The van der Waals surface area contributed by atoms with E-state index in [2.05, 4.69) is 5.32 Å². The van der Waals surface area contributed by atoms with E-state index in [1.165, 1.54) is 12.1 Å². The molecular weight excluding hydrogens is 278 g/mol. The molecule has 1 N–H and O–H groups in total. The van der Waals surface area contributed by atoms with Gasteiger partial charge in [-0.2, -0.15) is 11.8 Å². The Labute approximate surface area is 121 Å². The minimum absolute atomic E-state index is 0.0635. The maximum Gasteiger partial charge on any atom is 0.270 e. The number of nitro groups is 1. The minimum Gasteiger partial charge on any atom is -0.387 e. The molecule has 0 aromatic heterocycles. The monoisotopic (exact) mass is 295 g/mol. The zero-order chi connectivity index (χ0) is 14.7. The highest BCUT2D eigenvalue weighted by Gasteiger charge is 2.27. The molecule has 0 spiro atoms. The number of non-ortho nitro benzene ring substituents is 1. The van der Waals surface area contributed by atoms with E-state index in [4.69, 9.17) is 0 Å². The van der Waals surface area contributed by atoms with Gasteiger partial charge in [0.1, 0.15) is 0 Å². The molecule has 0 saturated carbocycles. The van der Waals surface area contributed by atoms with Crippen LogP contribution in [-0.2, 0) is 0 Å². The molecule has 2 rings (SSSR count). The van der Waals surface area contributed by atoms with Crippen LogP contribution in [0.1, 0.15) is 17.3 Å². The molecule has 20 heavy (non-hydrogen) atoms. The second-order valence-corrected chi connectivity index (χ2v) is 5.81.